The maximum Gasteiger partial charge on any atom is 0.258 e. The lowest BCUT2D eigenvalue weighted by Gasteiger charge is -2.06. The fourth-order valence-corrected chi connectivity index (χ4v) is 3.57. The molecule has 0 spiro atoms. The van der Waals surface area contributed by atoms with Gasteiger partial charge in [-0.1, -0.05) is 11.8 Å². The van der Waals surface area contributed by atoms with Crippen LogP contribution in [0, 0.1) is 11.8 Å². The molecule has 0 aliphatic rings. The zero-order chi connectivity index (χ0) is 14.6. The molecule has 0 bridgehead atoms. The molecule has 2 aromatic rings. The van der Waals surface area contributed by atoms with Crippen molar-refractivity contribution in [1.29, 1.82) is 0 Å². The first-order valence-corrected chi connectivity index (χ1v) is 8.14. The van der Waals surface area contributed by atoms with Crippen LogP contribution in [-0.4, -0.2) is 24.7 Å². The number of rotatable bonds is 4. The molecule has 0 aliphatic heterocycles. The van der Waals surface area contributed by atoms with Crippen LogP contribution in [0.3, 0.4) is 0 Å². The third kappa shape index (κ3) is 3.26. The highest BCUT2D eigenvalue weighted by molar-refractivity contribution is 7.89. The molecular formula is C12H14N4O2S2. The Morgan fingerprint density at radius 2 is 2.30 bits per heavy atom. The minimum atomic E-state index is -3.58. The summed E-state index contributed by atoms with van der Waals surface area (Å²) in [6.45, 7) is 0.468. The van der Waals surface area contributed by atoms with Crippen molar-refractivity contribution in [3.63, 3.8) is 0 Å². The first kappa shape index (κ1) is 14.7. The first-order chi connectivity index (χ1) is 9.54. The van der Waals surface area contributed by atoms with Gasteiger partial charge in [-0.25, -0.2) is 13.1 Å². The summed E-state index contributed by atoms with van der Waals surface area (Å²) in [5.41, 5.74) is 6.13. The topological polar surface area (TPSA) is 90.0 Å². The number of nitrogens with two attached hydrogens (primary N) is 1. The summed E-state index contributed by atoms with van der Waals surface area (Å²) in [5, 5.41) is 5.85. The predicted octanol–water partition coefficient (Wildman–Crippen LogP) is 0.270. The summed E-state index contributed by atoms with van der Waals surface area (Å²) in [4.78, 5) is 0.858. The van der Waals surface area contributed by atoms with Crippen molar-refractivity contribution >= 4 is 21.4 Å². The molecule has 2 aromatic heterocycles. The Bertz CT molecular complexity index is 750. The normalized spacial score (nSPS) is 11.1. The summed E-state index contributed by atoms with van der Waals surface area (Å²) in [5.74, 6) is 5.68. The zero-order valence-corrected chi connectivity index (χ0v) is 12.5. The monoisotopic (exact) mass is 310 g/mol. The molecule has 6 nitrogen and oxygen atoms in total. The smallest absolute Gasteiger partial charge is 0.258 e. The molecule has 8 heteroatoms. The highest BCUT2D eigenvalue weighted by Gasteiger charge is 2.18. The second kappa shape index (κ2) is 6.19. The van der Waals surface area contributed by atoms with Gasteiger partial charge in [0.1, 0.15) is 0 Å². The van der Waals surface area contributed by atoms with Crippen LogP contribution in [0.4, 0.5) is 0 Å². The van der Waals surface area contributed by atoms with Crippen LogP contribution in [0.15, 0.2) is 28.7 Å². The number of hydrogen-bond acceptors (Lipinski definition) is 5. The maximum atomic E-state index is 12.1. The van der Waals surface area contributed by atoms with E-state index in [0.29, 0.717) is 0 Å². The van der Waals surface area contributed by atoms with Crippen molar-refractivity contribution in [2.75, 3.05) is 6.54 Å². The van der Waals surface area contributed by atoms with E-state index in [2.05, 4.69) is 21.7 Å². The van der Waals surface area contributed by atoms with E-state index >= 15 is 0 Å². The number of aromatic nitrogens is 2. The highest BCUT2D eigenvalue weighted by Crippen LogP contribution is 2.16. The van der Waals surface area contributed by atoms with Crippen LogP contribution < -0.4 is 10.5 Å². The number of aryl methyl sites for hydroxylation is 1. The SMILES string of the molecule is Cn1nccc1S(=O)(=O)NCc1sccc1C#CCN. The van der Waals surface area contributed by atoms with Gasteiger partial charge >= 0.3 is 0 Å². The lowest BCUT2D eigenvalue weighted by Crippen LogP contribution is -2.25. The quantitative estimate of drug-likeness (QED) is 0.793. The van der Waals surface area contributed by atoms with E-state index in [4.69, 9.17) is 5.73 Å². The van der Waals surface area contributed by atoms with E-state index < -0.39 is 10.0 Å². The molecule has 0 unspecified atom stereocenters. The molecule has 0 aromatic carbocycles. The summed E-state index contributed by atoms with van der Waals surface area (Å²) < 4.78 is 28.1. The van der Waals surface area contributed by atoms with Gasteiger partial charge in [0.25, 0.3) is 10.0 Å². The number of nitrogens with one attached hydrogen (secondary N) is 1. The molecule has 3 N–H and O–H groups in total. The van der Waals surface area contributed by atoms with Crippen LogP contribution in [0.1, 0.15) is 10.4 Å². The third-order valence-electron chi connectivity index (χ3n) is 2.54. The van der Waals surface area contributed by atoms with E-state index in [9.17, 15) is 8.42 Å². The molecule has 20 heavy (non-hydrogen) atoms. The van der Waals surface area contributed by atoms with Gasteiger partial charge in [0, 0.05) is 24.0 Å². The van der Waals surface area contributed by atoms with Gasteiger partial charge in [-0.2, -0.15) is 5.10 Å². The van der Waals surface area contributed by atoms with Crippen LogP contribution >= 0.6 is 11.3 Å². The van der Waals surface area contributed by atoms with Crippen LogP contribution in [0.5, 0.6) is 0 Å². The Labute approximate surface area is 121 Å². The van der Waals surface area contributed by atoms with Gasteiger partial charge in [0.2, 0.25) is 0 Å². The van der Waals surface area contributed by atoms with Crippen molar-refractivity contribution in [2.45, 2.75) is 11.6 Å². The van der Waals surface area contributed by atoms with Crippen molar-refractivity contribution in [1.82, 2.24) is 14.5 Å². The van der Waals surface area contributed by atoms with E-state index in [-0.39, 0.29) is 18.1 Å². The first-order valence-electron chi connectivity index (χ1n) is 5.77. The van der Waals surface area contributed by atoms with Gasteiger partial charge in [-0.3, -0.25) is 4.68 Å². The molecular weight excluding hydrogens is 296 g/mol. The molecule has 0 radical (unpaired) electrons. The molecule has 0 fully saturated rings. The van der Waals surface area contributed by atoms with E-state index in [1.54, 1.807) is 7.05 Å². The average Bonchev–Trinajstić information content (AvgIpc) is 3.02. The molecule has 0 saturated carbocycles. The Morgan fingerprint density at radius 1 is 1.50 bits per heavy atom. The van der Waals surface area contributed by atoms with Gasteiger partial charge in [-0.15, -0.1) is 11.3 Å². The fraction of sp³-hybridized carbons (Fsp3) is 0.250. The summed E-state index contributed by atoms with van der Waals surface area (Å²) in [7, 11) is -2.00. The third-order valence-corrected chi connectivity index (χ3v) is 4.94. The molecule has 0 amide bonds. The molecule has 106 valence electrons. The summed E-state index contributed by atoms with van der Waals surface area (Å²) in [6, 6.07) is 3.30. The van der Waals surface area contributed by atoms with Crippen molar-refractivity contribution in [2.24, 2.45) is 12.8 Å². The largest absolute Gasteiger partial charge is 0.320 e. The standard InChI is InChI=1S/C12H14N4O2S2/c1-16-12(4-7-14-16)20(17,18)15-9-11-10(3-2-6-13)5-8-19-11/h4-5,7-8,15H,6,9,13H2,1H3. The van der Waals surface area contributed by atoms with Gasteiger partial charge < -0.3 is 5.73 Å². The zero-order valence-electron chi connectivity index (χ0n) is 10.8. The predicted molar refractivity (Wildman–Crippen MR) is 77.5 cm³/mol. The van der Waals surface area contributed by atoms with E-state index in [0.717, 1.165) is 10.4 Å². The van der Waals surface area contributed by atoms with E-state index in [1.165, 1.54) is 28.3 Å². The highest BCUT2D eigenvalue weighted by atomic mass is 32.2. The molecule has 0 atom stereocenters. The van der Waals surface area contributed by atoms with Crippen LogP contribution in [0.25, 0.3) is 0 Å². The summed E-state index contributed by atoms with van der Waals surface area (Å²) >= 11 is 1.45. The molecule has 2 rings (SSSR count). The second-order valence-corrected chi connectivity index (χ2v) is 6.60. The van der Waals surface area contributed by atoms with Crippen LogP contribution in [-0.2, 0) is 23.6 Å². The minimum absolute atomic E-state index is 0.128. The van der Waals surface area contributed by atoms with Gasteiger partial charge in [-0.05, 0) is 17.5 Å². The average molecular weight is 310 g/mol. The van der Waals surface area contributed by atoms with E-state index in [1.807, 2.05) is 11.4 Å². The Balaban J connectivity index is 2.13. The number of hydrogen-bond donors (Lipinski definition) is 2. The Morgan fingerprint density at radius 3 is 2.95 bits per heavy atom. The Kier molecular flexibility index (Phi) is 4.57. The molecule has 2 heterocycles. The van der Waals surface area contributed by atoms with Crippen LogP contribution in [0.2, 0.25) is 0 Å². The lowest BCUT2D eigenvalue weighted by atomic mass is 10.2. The number of sulfonamides is 1. The van der Waals surface area contributed by atoms with Gasteiger partial charge in [0.05, 0.1) is 12.7 Å². The fourth-order valence-electron chi connectivity index (χ4n) is 1.60. The molecule has 0 aliphatic carbocycles. The van der Waals surface area contributed by atoms with Crippen molar-refractivity contribution in [3.8, 4) is 11.8 Å². The number of thiophene rings is 1. The lowest BCUT2D eigenvalue weighted by molar-refractivity contribution is 0.563. The molecule has 0 saturated heterocycles. The minimum Gasteiger partial charge on any atom is -0.320 e. The van der Waals surface area contributed by atoms with Crippen molar-refractivity contribution in [3.05, 3.63) is 34.2 Å². The summed E-state index contributed by atoms with van der Waals surface area (Å²) in [6.07, 6.45) is 1.44. The maximum absolute atomic E-state index is 12.1. The van der Waals surface area contributed by atoms with Crippen molar-refractivity contribution < 1.29 is 8.42 Å². The van der Waals surface area contributed by atoms with Gasteiger partial charge in [0.15, 0.2) is 5.03 Å². The Hall–Kier alpha value is -1.66. The number of nitrogens with zero attached hydrogens (tertiary/aromatic N) is 2. The second-order valence-electron chi connectivity index (χ2n) is 3.88.